The number of piperazine rings is 1. The van der Waals surface area contributed by atoms with E-state index >= 15 is 0 Å². The average molecular weight is 585 g/mol. The summed E-state index contributed by atoms with van der Waals surface area (Å²) in [5.74, 6) is -2.09. The number of aliphatic hydroxyl groups excluding tert-OH is 1. The van der Waals surface area contributed by atoms with Gasteiger partial charge < -0.3 is 25.5 Å². The standard InChI is InChI=1S/C32H42F2N4O4/c1-4-9-37(10-5-2)31(41)24-13-20(3)12-23(17-24)30(40)36-27(16-22-14-25(33)18-26(34)15-22)29(39)28-32(42)38(11-8-35-28)19-21-6-7-21/h12-15,17-18,21,27-29,35,39H,4-11,16,19H2,1-3H3,(H,36,40)/t27-,28?,29-/m0/s1. The van der Waals surface area contributed by atoms with Crippen LogP contribution in [0.2, 0.25) is 0 Å². The quantitative estimate of drug-likeness (QED) is 0.335. The van der Waals surface area contributed by atoms with Crippen LogP contribution in [-0.2, 0) is 11.2 Å². The Morgan fingerprint density at radius 2 is 1.69 bits per heavy atom. The topological polar surface area (TPSA) is 102 Å². The molecule has 1 aliphatic heterocycles. The lowest BCUT2D eigenvalue weighted by molar-refractivity contribution is -0.139. The summed E-state index contributed by atoms with van der Waals surface area (Å²) in [5.41, 5.74) is 1.53. The highest BCUT2D eigenvalue weighted by Crippen LogP contribution is 2.30. The summed E-state index contributed by atoms with van der Waals surface area (Å²) < 4.78 is 28.1. The van der Waals surface area contributed by atoms with E-state index in [1.165, 1.54) is 6.07 Å². The van der Waals surface area contributed by atoms with Crippen LogP contribution in [0.25, 0.3) is 0 Å². The van der Waals surface area contributed by atoms with Crippen molar-refractivity contribution in [3.05, 3.63) is 70.3 Å². The molecule has 3 atom stereocenters. The number of benzene rings is 2. The Labute approximate surface area is 246 Å². The molecule has 3 N–H and O–H groups in total. The number of carbonyl (C=O) groups is 3. The van der Waals surface area contributed by atoms with Crippen LogP contribution < -0.4 is 10.6 Å². The maximum absolute atomic E-state index is 14.0. The highest BCUT2D eigenvalue weighted by Gasteiger charge is 2.40. The van der Waals surface area contributed by atoms with Crippen LogP contribution in [0.15, 0.2) is 36.4 Å². The number of halogens is 2. The molecule has 2 aliphatic rings. The molecule has 0 aromatic heterocycles. The summed E-state index contributed by atoms with van der Waals surface area (Å²) in [7, 11) is 0. The Morgan fingerprint density at radius 1 is 1.05 bits per heavy atom. The van der Waals surface area contributed by atoms with E-state index in [4.69, 9.17) is 0 Å². The second kappa shape index (κ2) is 14.2. The van der Waals surface area contributed by atoms with Crippen molar-refractivity contribution in [2.75, 3.05) is 32.7 Å². The number of rotatable bonds is 13. The van der Waals surface area contributed by atoms with Gasteiger partial charge in [0.1, 0.15) is 17.7 Å². The maximum atomic E-state index is 14.0. The molecule has 0 spiro atoms. The molecule has 42 heavy (non-hydrogen) atoms. The molecule has 2 aromatic carbocycles. The van der Waals surface area contributed by atoms with Gasteiger partial charge in [0.2, 0.25) is 5.91 Å². The summed E-state index contributed by atoms with van der Waals surface area (Å²) in [6, 6.07) is 5.89. The largest absolute Gasteiger partial charge is 0.389 e. The summed E-state index contributed by atoms with van der Waals surface area (Å²) >= 11 is 0. The molecule has 2 aromatic rings. The van der Waals surface area contributed by atoms with Gasteiger partial charge in [-0.05, 0) is 86.4 Å². The van der Waals surface area contributed by atoms with Gasteiger partial charge in [0.15, 0.2) is 0 Å². The van der Waals surface area contributed by atoms with Gasteiger partial charge in [-0.25, -0.2) is 8.78 Å². The monoisotopic (exact) mass is 584 g/mol. The van der Waals surface area contributed by atoms with Crippen molar-refractivity contribution in [3.8, 4) is 0 Å². The molecule has 0 radical (unpaired) electrons. The van der Waals surface area contributed by atoms with Gasteiger partial charge in [0.25, 0.3) is 11.8 Å². The van der Waals surface area contributed by atoms with Gasteiger partial charge in [0, 0.05) is 49.9 Å². The molecule has 1 aliphatic carbocycles. The minimum Gasteiger partial charge on any atom is -0.389 e. The third-order valence-electron chi connectivity index (χ3n) is 7.81. The molecule has 1 saturated heterocycles. The number of aryl methyl sites for hydroxylation is 1. The normalized spacial score (nSPS) is 18.5. The Morgan fingerprint density at radius 3 is 2.31 bits per heavy atom. The average Bonchev–Trinajstić information content (AvgIpc) is 3.76. The zero-order chi connectivity index (χ0) is 30.4. The number of carbonyl (C=O) groups excluding carboxylic acids is 3. The van der Waals surface area contributed by atoms with Gasteiger partial charge in [-0.1, -0.05) is 13.8 Å². The van der Waals surface area contributed by atoms with Gasteiger partial charge >= 0.3 is 0 Å². The zero-order valence-corrected chi connectivity index (χ0v) is 24.7. The minimum atomic E-state index is -1.38. The second-order valence-electron chi connectivity index (χ2n) is 11.6. The van der Waals surface area contributed by atoms with E-state index in [2.05, 4.69) is 10.6 Å². The number of nitrogens with one attached hydrogen (secondary N) is 2. The van der Waals surface area contributed by atoms with Crippen molar-refractivity contribution in [1.82, 2.24) is 20.4 Å². The van der Waals surface area contributed by atoms with Crippen LogP contribution in [-0.4, -0.2) is 83.5 Å². The summed E-state index contributed by atoms with van der Waals surface area (Å²) in [6.07, 6.45) is 2.25. The zero-order valence-electron chi connectivity index (χ0n) is 24.7. The third kappa shape index (κ3) is 8.13. The third-order valence-corrected chi connectivity index (χ3v) is 7.81. The molecule has 1 saturated carbocycles. The van der Waals surface area contributed by atoms with Gasteiger partial charge in [0.05, 0.1) is 12.1 Å². The molecule has 1 heterocycles. The summed E-state index contributed by atoms with van der Waals surface area (Å²) in [5, 5.41) is 17.4. The molecule has 10 heteroatoms. The molecule has 228 valence electrons. The lowest BCUT2D eigenvalue weighted by Crippen LogP contribution is -2.64. The molecule has 1 unspecified atom stereocenters. The number of amides is 3. The van der Waals surface area contributed by atoms with E-state index in [1.54, 1.807) is 28.9 Å². The minimum absolute atomic E-state index is 0.117. The van der Waals surface area contributed by atoms with E-state index in [9.17, 15) is 28.3 Å². The Hall–Kier alpha value is -3.37. The van der Waals surface area contributed by atoms with Gasteiger partial charge in [-0.3, -0.25) is 14.4 Å². The smallest absolute Gasteiger partial charge is 0.253 e. The van der Waals surface area contributed by atoms with Crippen LogP contribution in [0.5, 0.6) is 0 Å². The van der Waals surface area contributed by atoms with E-state index in [0.29, 0.717) is 49.8 Å². The van der Waals surface area contributed by atoms with Crippen molar-refractivity contribution in [2.24, 2.45) is 5.92 Å². The Balaban J connectivity index is 1.59. The molecule has 0 bridgehead atoms. The fraction of sp³-hybridized carbons (Fsp3) is 0.531. The fourth-order valence-corrected chi connectivity index (χ4v) is 5.61. The first-order valence-corrected chi connectivity index (χ1v) is 15.0. The van der Waals surface area contributed by atoms with Crippen LogP contribution in [0.1, 0.15) is 71.4 Å². The molecule has 4 rings (SSSR count). The first-order chi connectivity index (χ1) is 20.1. The molecule has 8 nitrogen and oxygen atoms in total. The molecule has 3 amide bonds. The highest BCUT2D eigenvalue weighted by molar-refractivity contribution is 6.00. The molecular weight excluding hydrogens is 542 g/mol. The van der Waals surface area contributed by atoms with E-state index in [0.717, 1.165) is 43.9 Å². The van der Waals surface area contributed by atoms with Crippen LogP contribution in [0.3, 0.4) is 0 Å². The molecular formula is C32H42F2N4O4. The van der Waals surface area contributed by atoms with Crippen molar-refractivity contribution >= 4 is 17.7 Å². The lowest BCUT2D eigenvalue weighted by atomic mass is 9.93. The number of hydrogen-bond donors (Lipinski definition) is 3. The van der Waals surface area contributed by atoms with Gasteiger partial charge in [-0.15, -0.1) is 0 Å². The SMILES string of the molecule is CCCN(CCC)C(=O)c1cc(C)cc(C(=O)N[C@@H](Cc2cc(F)cc(F)c2)[C@H](O)C2NCCN(CC3CC3)C2=O)c1. The van der Waals surface area contributed by atoms with Crippen molar-refractivity contribution in [2.45, 2.75) is 71.1 Å². The predicted molar refractivity (Wildman–Crippen MR) is 156 cm³/mol. The maximum Gasteiger partial charge on any atom is 0.253 e. The van der Waals surface area contributed by atoms with E-state index in [-0.39, 0.29) is 29.4 Å². The first-order valence-electron chi connectivity index (χ1n) is 15.0. The van der Waals surface area contributed by atoms with Crippen LogP contribution in [0.4, 0.5) is 8.78 Å². The molecule has 2 fully saturated rings. The lowest BCUT2D eigenvalue weighted by Gasteiger charge is -2.38. The van der Waals surface area contributed by atoms with Crippen molar-refractivity contribution in [1.29, 1.82) is 0 Å². The Bertz CT molecular complexity index is 1260. The predicted octanol–water partition coefficient (Wildman–Crippen LogP) is 3.45. The fourth-order valence-electron chi connectivity index (χ4n) is 5.61. The van der Waals surface area contributed by atoms with Gasteiger partial charge in [-0.2, -0.15) is 0 Å². The first kappa shape index (κ1) is 31.6. The van der Waals surface area contributed by atoms with Crippen molar-refractivity contribution < 1.29 is 28.3 Å². The van der Waals surface area contributed by atoms with Crippen molar-refractivity contribution in [3.63, 3.8) is 0 Å². The number of nitrogens with zero attached hydrogens (tertiary/aromatic N) is 2. The summed E-state index contributed by atoms with van der Waals surface area (Å²) in [6.45, 7) is 8.61. The second-order valence-corrected chi connectivity index (χ2v) is 11.6. The van der Waals surface area contributed by atoms with E-state index < -0.39 is 35.7 Å². The Kier molecular flexibility index (Phi) is 10.7. The number of aliphatic hydroxyl groups is 1. The summed E-state index contributed by atoms with van der Waals surface area (Å²) in [4.78, 5) is 43.7. The van der Waals surface area contributed by atoms with Crippen LogP contribution in [0, 0.1) is 24.5 Å². The van der Waals surface area contributed by atoms with E-state index in [1.807, 2.05) is 13.8 Å². The number of hydrogen-bond acceptors (Lipinski definition) is 5. The van der Waals surface area contributed by atoms with Crippen LogP contribution >= 0.6 is 0 Å². The highest BCUT2D eigenvalue weighted by atomic mass is 19.1.